The standard InChI is InChI=1S/C14H17FN2O3S/c15-12-3-1-10(2-4-12)7-16-14(18)11-8-17(9-11)21(19,20)13-5-6-13/h1-4,11,13H,5-9H2,(H,16,18). The van der Waals surface area contributed by atoms with Gasteiger partial charge in [-0.1, -0.05) is 12.1 Å². The second-order valence-electron chi connectivity index (χ2n) is 5.60. The first-order chi connectivity index (χ1) is 9.96. The molecule has 1 N–H and O–H groups in total. The normalized spacial score (nSPS) is 20.0. The molecule has 0 bridgehead atoms. The average Bonchev–Trinajstić information content (AvgIpc) is 3.20. The quantitative estimate of drug-likeness (QED) is 0.877. The third-order valence-corrected chi connectivity index (χ3v) is 6.24. The Balaban J connectivity index is 1.46. The molecule has 0 radical (unpaired) electrons. The molecule has 5 nitrogen and oxygen atoms in total. The minimum Gasteiger partial charge on any atom is -0.352 e. The van der Waals surface area contributed by atoms with E-state index in [9.17, 15) is 17.6 Å². The third-order valence-electron chi connectivity index (χ3n) is 3.90. The zero-order valence-corrected chi connectivity index (χ0v) is 12.3. The molecule has 1 aromatic rings. The smallest absolute Gasteiger partial charge is 0.226 e. The minimum atomic E-state index is -3.16. The predicted molar refractivity (Wildman–Crippen MR) is 75.3 cm³/mol. The Bertz CT molecular complexity index is 635. The summed E-state index contributed by atoms with van der Waals surface area (Å²) in [6.45, 7) is 0.868. The van der Waals surface area contributed by atoms with E-state index in [0.29, 0.717) is 6.54 Å². The van der Waals surface area contributed by atoms with Gasteiger partial charge in [0.05, 0.1) is 11.2 Å². The zero-order chi connectivity index (χ0) is 15.0. The van der Waals surface area contributed by atoms with Gasteiger partial charge in [0.25, 0.3) is 0 Å². The number of rotatable bonds is 5. The van der Waals surface area contributed by atoms with E-state index >= 15 is 0 Å². The van der Waals surface area contributed by atoms with Gasteiger partial charge in [-0.25, -0.2) is 12.8 Å². The lowest BCUT2D eigenvalue weighted by molar-refractivity contribution is -0.128. The number of carbonyl (C=O) groups is 1. The maximum Gasteiger partial charge on any atom is 0.226 e. The van der Waals surface area contributed by atoms with Gasteiger partial charge >= 0.3 is 0 Å². The topological polar surface area (TPSA) is 66.5 Å². The van der Waals surface area contributed by atoms with Gasteiger partial charge in [0, 0.05) is 19.6 Å². The van der Waals surface area contributed by atoms with E-state index in [2.05, 4.69) is 5.32 Å². The van der Waals surface area contributed by atoms with E-state index in [1.54, 1.807) is 12.1 Å². The van der Waals surface area contributed by atoms with Crippen LogP contribution in [0.25, 0.3) is 0 Å². The third kappa shape index (κ3) is 3.08. The Morgan fingerprint density at radius 1 is 1.24 bits per heavy atom. The molecular weight excluding hydrogens is 295 g/mol. The highest BCUT2D eigenvalue weighted by molar-refractivity contribution is 7.90. The number of carbonyl (C=O) groups excluding carboxylic acids is 1. The number of nitrogens with zero attached hydrogens (tertiary/aromatic N) is 1. The molecule has 1 aliphatic carbocycles. The summed E-state index contributed by atoms with van der Waals surface area (Å²) in [4.78, 5) is 11.9. The van der Waals surface area contributed by atoms with Crippen molar-refractivity contribution in [2.75, 3.05) is 13.1 Å². The Labute approximate surface area is 123 Å². The molecule has 2 fully saturated rings. The lowest BCUT2D eigenvalue weighted by Crippen LogP contribution is -2.56. The first-order valence-electron chi connectivity index (χ1n) is 6.98. The van der Waals surface area contributed by atoms with Gasteiger partial charge in [-0.2, -0.15) is 4.31 Å². The summed E-state index contributed by atoms with van der Waals surface area (Å²) in [5.74, 6) is -0.745. The van der Waals surface area contributed by atoms with Crippen molar-refractivity contribution in [2.24, 2.45) is 5.92 Å². The Morgan fingerprint density at radius 3 is 2.43 bits per heavy atom. The Kier molecular flexibility index (Phi) is 3.71. The Hall–Kier alpha value is -1.47. The van der Waals surface area contributed by atoms with Crippen molar-refractivity contribution in [3.63, 3.8) is 0 Å². The molecule has 0 unspecified atom stereocenters. The number of hydrogen-bond donors (Lipinski definition) is 1. The summed E-state index contributed by atoms with van der Waals surface area (Å²) in [5, 5.41) is 2.53. The van der Waals surface area contributed by atoms with Crippen molar-refractivity contribution < 1.29 is 17.6 Å². The van der Waals surface area contributed by atoms with Crippen molar-refractivity contribution in [3.8, 4) is 0 Å². The number of benzene rings is 1. The van der Waals surface area contributed by atoms with Crippen molar-refractivity contribution in [1.29, 1.82) is 0 Å². The molecule has 0 spiro atoms. The van der Waals surface area contributed by atoms with Crippen molar-refractivity contribution in [1.82, 2.24) is 9.62 Å². The fourth-order valence-corrected chi connectivity index (χ4v) is 4.25. The van der Waals surface area contributed by atoms with Crippen LogP contribution >= 0.6 is 0 Å². The molecule has 1 saturated carbocycles. The Morgan fingerprint density at radius 2 is 1.86 bits per heavy atom. The van der Waals surface area contributed by atoms with E-state index in [1.807, 2.05) is 0 Å². The van der Waals surface area contributed by atoms with Gasteiger partial charge in [-0.05, 0) is 30.5 Å². The number of nitrogens with one attached hydrogen (secondary N) is 1. The highest BCUT2D eigenvalue weighted by Crippen LogP contribution is 2.34. The fourth-order valence-electron chi connectivity index (χ4n) is 2.32. The van der Waals surface area contributed by atoms with Gasteiger partial charge in [0.15, 0.2) is 0 Å². The first-order valence-corrected chi connectivity index (χ1v) is 8.48. The second-order valence-corrected chi connectivity index (χ2v) is 7.82. The van der Waals surface area contributed by atoms with Crippen molar-refractivity contribution >= 4 is 15.9 Å². The number of halogens is 1. The van der Waals surface area contributed by atoms with Crippen LogP contribution in [-0.2, 0) is 21.4 Å². The second kappa shape index (κ2) is 5.38. The molecule has 114 valence electrons. The molecule has 21 heavy (non-hydrogen) atoms. The van der Waals surface area contributed by atoms with Crippen molar-refractivity contribution in [3.05, 3.63) is 35.6 Å². The number of hydrogen-bond acceptors (Lipinski definition) is 3. The zero-order valence-electron chi connectivity index (χ0n) is 11.5. The molecule has 1 aliphatic heterocycles. The van der Waals surface area contributed by atoms with Crippen molar-refractivity contribution in [2.45, 2.75) is 24.6 Å². The van der Waals surface area contributed by atoms with Gasteiger partial charge in [0.1, 0.15) is 5.82 Å². The summed E-state index contributed by atoms with van der Waals surface area (Å²) in [7, 11) is -3.16. The van der Waals surface area contributed by atoms with Gasteiger partial charge < -0.3 is 5.32 Å². The van der Waals surface area contributed by atoms with E-state index in [-0.39, 0.29) is 36.0 Å². The van der Waals surface area contributed by atoms with Gasteiger partial charge in [0.2, 0.25) is 15.9 Å². The lowest BCUT2D eigenvalue weighted by atomic mass is 10.0. The van der Waals surface area contributed by atoms with Crippen LogP contribution < -0.4 is 5.32 Å². The largest absolute Gasteiger partial charge is 0.352 e. The monoisotopic (exact) mass is 312 g/mol. The van der Waals surface area contributed by atoms with Crippen LogP contribution in [0.2, 0.25) is 0 Å². The number of sulfonamides is 1. The molecule has 1 heterocycles. The summed E-state index contributed by atoms with van der Waals surface area (Å²) in [6.07, 6.45) is 1.47. The summed E-state index contributed by atoms with van der Waals surface area (Å²) < 4.78 is 38.0. The maximum atomic E-state index is 12.8. The van der Waals surface area contributed by atoms with Gasteiger partial charge in [-0.3, -0.25) is 4.79 Å². The molecule has 2 aliphatic rings. The first kappa shape index (κ1) is 14.5. The summed E-state index contributed by atoms with van der Waals surface area (Å²) in [5.41, 5.74) is 0.812. The van der Waals surface area contributed by atoms with Crippen LogP contribution in [0.4, 0.5) is 4.39 Å². The molecule has 1 aromatic carbocycles. The van der Waals surface area contributed by atoms with E-state index in [1.165, 1.54) is 16.4 Å². The maximum absolute atomic E-state index is 12.8. The molecule has 1 saturated heterocycles. The molecule has 3 rings (SSSR count). The highest BCUT2D eigenvalue weighted by atomic mass is 32.2. The molecule has 1 amide bonds. The minimum absolute atomic E-state index is 0.151. The summed E-state index contributed by atoms with van der Waals surface area (Å²) >= 11 is 0. The van der Waals surface area contributed by atoms with Gasteiger partial charge in [-0.15, -0.1) is 0 Å². The van der Waals surface area contributed by atoms with Crippen LogP contribution in [0.3, 0.4) is 0 Å². The van der Waals surface area contributed by atoms with E-state index < -0.39 is 10.0 Å². The summed E-state index contributed by atoms with van der Waals surface area (Å²) in [6, 6.07) is 5.91. The number of amides is 1. The van der Waals surface area contributed by atoms with Crippen LogP contribution in [-0.4, -0.2) is 37.0 Å². The molecule has 0 atom stereocenters. The van der Waals surface area contributed by atoms with Crippen LogP contribution in [0.1, 0.15) is 18.4 Å². The predicted octanol–water partition coefficient (Wildman–Crippen LogP) is 0.866. The SMILES string of the molecule is O=C(NCc1ccc(F)cc1)C1CN(S(=O)(=O)C2CC2)C1. The molecular formula is C14H17FN2O3S. The van der Waals surface area contributed by atoms with Crippen LogP contribution in [0.5, 0.6) is 0 Å². The van der Waals surface area contributed by atoms with E-state index in [0.717, 1.165) is 18.4 Å². The molecule has 7 heteroatoms. The van der Waals surface area contributed by atoms with Crippen LogP contribution in [0, 0.1) is 11.7 Å². The average molecular weight is 312 g/mol. The highest BCUT2D eigenvalue weighted by Gasteiger charge is 2.46. The lowest BCUT2D eigenvalue weighted by Gasteiger charge is -2.37. The molecule has 0 aromatic heterocycles. The van der Waals surface area contributed by atoms with Crippen LogP contribution in [0.15, 0.2) is 24.3 Å². The van der Waals surface area contributed by atoms with E-state index in [4.69, 9.17) is 0 Å². The fraction of sp³-hybridized carbons (Fsp3) is 0.500.